The molecule has 3 nitrogen and oxygen atoms in total. The van der Waals surface area contributed by atoms with Crippen molar-refractivity contribution >= 4 is 17.5 Å². The molecule has 4 heteroatoms. The van der Waals surface area contributed by atoms with E-state index in [0.717, 1.165) is 19.3 Å². The molecule has 1 fully saturated rings. The predicted molar refractivity (Wildman–Crippen MR) is 72.3 cm³/mol. The topological polar surface area (TPSA) is 38.3 Å². The fourth-order valence-electron chi connectivity index (χ4n) is 2.31. The summed E-state index contributed by atoms with van der Waals surface area (Å²) in [5.74, 6) is 1.03. The van der Waals surface area contributed by atoms with E-state index in [1.54, 1.807) is 19.2 Å². The van der Waals surface area contributed by atoms with Crippen molar-refractivity contribution in [3.63, 3.8) is 0 Å². The van der Waals surface area contributed by atoms with E-state index < -0.39 is 0 Å². The zero-order valence-electron chi connectivity index (χ0n) is 10.5. The van der Waals surface area contributed by atoms with Crippen LogP contribution in [-0.2, 0) is 0 Å². The first kappa shape index (κ1) is 13.2. The van der Waals surface area contributed by atoms with Crippen molar-refractivity contribution in [1.29, 1.82) is 0 Å². The van der Waals surface area contributed by atoms with Crippen LogP contribution in [0.5, 0.6) is 5.75 Å². The van der Waals surface area contributed by atoms with Crippen LogP contribution in [0.3, 0.4) is 0 Å². The van der Waals surface area contributed by atoms with Crippen molar-refractivity contribution < 1.29 is 9.53 Å². The molecule has 0 heterocycles. The highest BCUT2D eigenvalue weighted by Crippen LogP contribution is 2.29. The molecule has 1 aliphatic carbocycles. The number of ether oxygens (including phenoxy) is 1. The van der Waals surface area contributed by atoms with Gasteiger partial charge in [0, 0.05) is 17.5 Å². The number of rotatable bonds is 4. The minimum Gasteiger partial charge on any atom is -0.497 e. The van der Waals surface area contributed by atoms with E-state index in [1.165, 1.54) is 0 Å². The number of hydrogen-bond donors (Lipinski definition) is 1. The Bertz CT molecular complexity index is 422. The Kier molecular flexibility index (Phi) is 4.48. The molecule has 2 atom stereocenters. The van der Waals surface area contributed by atoms with Gasteiger partial charge >= 0.3 is 0 Å². The van der Waals surface area contributed by atoms with E-state index >= 15 is 0 Å². The van der Waals surface area contributed by atoms with Crippen LogP contribution >= 0.6 is 11.6 Å². The number of halogens is 1. The van der Waals surface area contributed by atoms with Crippen LogP contribution < -0.4 is 10.1 Å². The Morgan fingerprint density at radius 3 is 3.00 bits per heavy atom. The van der Waals surface area contributed by atoms with E-state index in [-0.39, 0.29) is 11.3 Å². The van der Waals surface area contributed by atoms with Crippen LogP contribution in [0, 0.1) is 5.92 Å². The first-order valence-electron chi connectivity index (χ1n) is 6.27. The van der Waals surface area contributed by atoms with Crippen LogP contribution in [0.1, 0.15) is 29.6 Å². The van der Waals surface area contributed by atoms with Gasteiger partial charge in [-0.05, 0) is 37.0 Å². The SMILES string of the molecule is COc1cccc(C(=O)NCC2CCCC2Cl)c1. The Labute approximate surface area is 112 Å². The molecule has 0 aliphatic heterocycles. The molecule has 0 spiro atoms. The summed E-state index contributed by atoms with van der Waals surface area (Å²) in [6, 6.07) is 7.16. The molecule has 2 unspecified atom stereocenters. The van der Waals surface area contributed by atoms with Crippen LogP contribution in [0.25, 0.3) is 0 Å². The van der Waals surface area contributed by atoms with Gasteiger partial charge in [-0.1, -0.05) is 12.5 Å². The van der Waals surface area contributed by atoms with Gasteiger partial charge in [0.25, 0.3) is 5.91 Å². The molecule has 1 saturated carbocycles. The summed E-state index contributed by atoms with van der Waals surface area (Å²) >= 11 is 6.18. The Morgan fingerprint density at radius 1 is 1.50 bits per heavy atom. The molecular weight excluding hydrogens is 250 g/mol. The van der Waals surface area contributed by atoms with Gasteiger partial charge in [0.05, 0.1) is 7.11 Å². The van der Waals surface area contributed by atoms with Crippen molar-refractivity contribution in [1.82, 2.24) is 5.32 Å². The van der Waals surface area contributed by atoms with Gasteiger partial charge in [-0.3, -0.25) is 4.79 Å². The maximum atomic E-state index is 12.0. The predicted octanol–water partition coefficient (Wildman–Crippen LogP) is 2.83. The molecule has 1 aliphatic rings. The first-order chi connectivity index (χ1) is 8.70. The molecule has 0 radical (unpaired) electrons. The number of alkyl halides is 1. The summed E-state index contributed by atoms with van der Waals surface area (Å²) < 4.78 is 5.10. The Hall–Kier alpha value is -1.22. The summed E-state index contributed by atoms with van der Waals surface area (Å²) in [5.41, 5.74) is 0.624. The van der Waals surface area contributed by atoms with Crippen LogP contribution in [-0.4, -0.2) is 24.9 Å². The monoisotopic (exact) mass is 267 g/mol. The molecule has 1 aromatic carbocycles. The third-order valence-electron chi connectivity index (χ3n) is 3.42. The van der Waals surface area contributed by atoms with Crippen molar-refractivity contribution in [2.24, 2.45) is 5.92 Å². The standard InChI is InChI=1S/C14H18ClNO2/c1-18-12-6-2-4-10(8-12)14(17)16-9-11-5-3-7-13(11)15/h2,4,6,8,11,13H,3,5,7,9H2,1H3,(H,16,17). The quantitative estimate of drug-likeness (QED) is 0.852. The number of carbonyl (C=O) groups excluding carboxylic acids is 1. The number of hydrogen-bond acceptors (Lipinski definition) is 2. The minimum atomic E-state index is -0.0651. The Morgan fingerprint density at radius 2 is 2.33 bits per heavy atom. The third kappa shape index (κ3) is 3.16. The van der Waals surface area contributed by atoms with Crippen LogP contribution in [0.15, 0.2) is 24.3 Å². The first-order valence-corrected chi connectivity index (χ1v) is 6.70. The molecule has 1 amide bonds. The minimum absolute atomic E-state index is 0.0651. The summed E-state index contributed by atoms with van der Waals surface area (Å²) in [4.78, 5) is 12.0. The zero-order valence-corrected chi connectivity index (χ0v) is 11.2. The van der Waals surface area contributed by atoms with E-state index in [4.69, 9.17) is 16.3 Å². The number of amides is 1. The number of methoxy groups -OCH3 is 1. The Balaban J connectivity index is 1.90. The van der Waals surface area contributed by atoms with Crippen LogP contribution in [0.2, 0.25) is 0 Å². The van der Waals surface area contributed by atoms with Gasteiger partial charge in [0.15, 0.2) is 0 Å². The largest absolute Gasteiger partial charge is 0.497 e. The van der Waals surface area contributed by atoms with Gasteiger partial charge in [0.1, 0.15) is 5.75 Å². The van der Waals surface area contributed by atoms with Crippen molar-refractivity contribution in [3.8, 4) is 5.75 Å². The molecule has 2 rings (SSSR count). The fraction of sp³-hybridized carbons (Fsp3) is 0.500. The molecule has 1 N–H and O–H groups in total. The van der Waals surface area contributed by atoms with Gasteiger partial charge in [0.2, 0.25) is 0 Å². The molecule has 0 aromatic heterocycles. The summed E-state index contributed by atoms with van der Waals surface area (Å²) in [6.45, 7) is 0.657. The van der Waals surface area contributed by atoms with Gasteiger partial charge in [-0.2, -0.15) is 0 Å². The van der Waals surface area contributed by atoms with Crippen molar-refractivity contribution in [2.75, 3.05) is 13.7 Å². The number of nitrogens with one attached hydrogen (secondary N) is 1. The molecule has 1 aromatic rings. The van der Waals surface area contributed by atoms with E-state index in [1.807, 2.05) is 12.1 Å². The lowest BCUT2D eigenvalue weighted by Gasteiger charge is -2.14. The van der Waals surface area contributed by atoms with Crippen LogP contribution in [0.4, 0.5) is 0 Å². The highest BCUT2D eigenvalue weighted by atomic mass is 35.5. The molecular formula is C14H18ClNO2. The second kappa shape index (κ2) is 6.10. The zero-order chi connectivity index (χ0) is 13.0. The lowest BCUT2D eigenvalue weighted by Crippen LogP contribution is -2.31. The number of benzene rings is 1. The molecule has 0 saturated heterocycles. The van der Waals surface area contributed by atoms with E-state index in [0.29, 0.717) is 23.8 Å². The maximum Gasteiger partial charge on any atom is 0.251 e. The van der Waals surface area contributed by atoms with Gasteiger partial charge in [-0.25, -0.2) is 0 Å². The highest BCUT2D eigenvalue weighted by molar-refractivity contribution is 6.21. The normalized spacial score (nSPS) is 22.8. The van der Waals surface area contributed by atoms with Crippen molar-refractivity contribution in [3.05, 3.63) is 29.8 Å². The van der Waals surface area contributed by atoms with Crippen molar-refractivity contribution in [2.45, 2.75) is 24.6 Å². The van der Waals surface area contributed by atoms with Gasteiger partial charge < -0.3 is 10.1 Å². The fourth-order valence-corrected chi connectivity index (χ4v) is 2.68. The summed E-state index contributed by atoms with van der Waals surface area (Å²) in [6.07, 6.45) is 3.32. The summed E-state index contributed by atoms with van der Waals surface area (Å²) in [7, 11) is 1.59. The third-order valence-corrected chi connectivity index (χ3v) is 4.00. The molecule has 0 bridgehead atoms. The van der Waals surface area contributed by atoms with E-state index in [9.17, 15) is 4.79 Å². The average Bonchev–Trinajstić information content (AvgIpc) is 2.81. The average molecular weight is 268 g/mol. The number of carbonyl (C=O) groups is 1. The lowest BCUT2D eigenvalue weighted by molar-refractivity contribution is 0.0947. The second-order valence-electron chi connectivity index (χ2n) is 4.65. The second-order valence-corrected chi connectivity index (χ2v) is 5.21. The maximum absolute atomic E-state index is 12.0. The smallest absolute Gasteiger partial charge is 0.251 e. The molecule has 98 valence electrons. The van der Waals surface area contributed by atoms with E-state index in [2.05, 4.69) is 5.32 Å². The highest BCUT2D eigenvalue weighted by Gasteiger charge is 2.25. The van der Waals surface area contributed by atoms with Gasteiger partial charge in [-0.15, -0.1) is 11.6 Å². The summed E-state index contributed by atoms with van der Waals surface area (Å²) in [5, 5.41) is 3.15. The molecule has 18 heavy (non-hydrogen) atoms. The lowest BCUT2D eigenvalue weighted by atomic mass is 10.1.